The third-order valence-corrected chi connectivity index (χ3v) is 4.10. The number of hydrogen-bond acceptors (Lipinski definition) is 4. The summed E-state index contributed by atoms with van der Waals surface area (Å²) in [5, 5.41) is 18.8. The van der Waals surface area contributed by atoms with E-state index in [2.05, 4.69) is 4.98 Å². The SMILES string of the molecule is Cc1ccc2nc(/C=C/c3cccc(OCCC(=O)O)c3)cc(C(=O)O)c2c1. The summed E-state index contributed by atoms with van der Waals surface area (Å²) in [6, 6.07) is 14.3. The molecule has 3 rings (SSSR count). The molecule has 0 atom stereocenters. The summed E-state index contributed by atoms with van der Waals surface area (Å²) in [6.07, 6.45) is 3.47. The second-order valence-corrected chi connectivity index (χ2v) is 6.32. The summed E-state index contributed by atoms with van der Waals surface area (Å²) in [7, 11) is 0. The van der Waals surface area contributed by atoms with E-state index in [1.165, 1.54) is 0 Å². The third kappa shape index (κ3) is 4.73. The standard InChI is InChI=1S/C22H19NO5/c1-14-5-8-20-18(11-14)19(22(26)27)13-16(23-20)7-6-15-3-2-4-17(12-15)28-10-9-21(24)25/h2-8,11-13H,9-10H2,1H3,(H,24,25)(H,26,27)/b7-6+. The summed E-state index contributed by atoms with van der Waals surface area (Å²) in [5.74, 6) is -1.35. The van der Waals surface area contributed by atoms with E-state index < -0.39 is 11.9 Å². The number of rotatable bonds is 7. The van der Waals surface area contributed by atoms with Crippen molar-refractivity contribution >= 4 is 35.0 Å². The van der Waals surface area contributed by atoms with Gasteiger partial charge in [-0.15, -0.1) is 0 Å². The molecule has 0 radical (unpaired) electrons. The van der Waals surface area contributed by atoms with Crippen molar-refractivity contribution in [3.63, 3.8) is 0 Å². The van der Waals surface area contributed by atoms with Gasteiger partial charge in [-0.05, 0) is 48.9 Å². The Morgan fingerprint density at radius 2 is 1.89 bits per heavy atom. The second-order valence-electron chi connectivity index (χ2n) is 6.32. The monoisotopic (exact) mass is 377 g/mol. The van der Waals surface area contributed by atoms with Gasteiger partial charge in [-0.1, -0.05) is 29.8 Å². The van der Waals surface area contributed by atoms with E-state index in [0.717, 1.165) is 11.1 Å². The zero-order chi connectivity index (χ0) is 20.1. The Morgan fingerprint density at radius 1 is 1.07 bits per heavy atom. The number of aromatic carboxylic acids is 1. The maximum absolute atomic E-state index is 11.6. The first-order chi connectivity index (χ1) is 13.4. The Morgan fingerprint density at radius 3 is 2.64 bits per heavy atom. The summed E-state index contributed by atoms with van der Waals surface area (Å²) >= 11 is 0. The van der Waals surface area contributed by atoms with Gasteiger partial charge < -0.3 is 14.9 Å². The number of pyridine rings is 1. The van der Waals surface area contributed by atoms with Gasteiger partial charge in [0.1, 0.15) is 5.75 Å². The Labute approximate surface area is 161 Å². The van der Waals surface area contributed by atoms with Crippen molar-refractivity contribution in [3.05, 3.63) is 70.9 Å². The number of carbonyl (C=O) groups is 2. The highest BCUT2D eigenvalue weighted by atomic mass is 16.5. The lowest BCUT2D eigenvalue weighted by atomic mass is 10.0. The average Bonchev–Trinajstić information content (AvgIpc) is 2.66. The number of hydrogen-bond donors (Lipinski definition) is 2. The molecule has 1 heterocycles. The number of aryl methyl sites for hydroxylation is 1. The van der Waals surface area contributed by atoms with Crippen LogP contribution in [0.3, 0.4) is 0 Å². The molecule has 1 aromatic heterocycles. The maximum atomic E-state index is 11.6. The molecule has 0 aliphatic heterocycles. The number of nitrogens with zero attached hydrogens (tertiary/aromatic N) is 1. The van der Waals surface area contributed by atoms with Gasteiger partial charge in [0.05, 0.1) is 29.8 Å². The van der Waals surface area contributed by atoms with Crippen LogP contribution in [0.1, 0.15) is 33.6 Å². The summed E-state index contributed by atoms with van der Waals surface area (Å²) in [6.45, 7) is 2.00. The van der Waals surface area contributed by atoms with Gasteiger partial charge in [-0.3, -0.25) is 4.79 Å². The number of aromatic nitrogens is 1. The topological polar surface area (TPSA) is 96.7 Å². The predicted molar refractivity (Wildman–Crippen MR) is 107 cm³/mol. The molecular weight excluding hydrogens is 358 g/mol. The van der Waals surface area contributed by atoms with Crippen molar-refractivity contribution in [2.24, 2.45) is 0 Å². The number of carboxylic acids is 2. The van der Waals surface area contributed by atoms with Gasteiger partial charge in [-0.2, -0.15) is 0 Å². The predicted octanol–water partition coefficient (Wildman–Crippen LogP) is 4.27. The summed E-state index contributed by atoms with van der Waals surface area (Å²) in [5.41, 5.74) is 3.16. The molecule has 0 saturated heterocycles. The number of benzene rings is 2. The fraction of sp³-hybridized carbons (Fsp3) is 0.136. The first-order valence-electron chi connectivity index (χ1n) is 8.70. The molecule has 0 saturated carbocycles. The molecule has 3 aromatic rings. The molecule has 0 bridgehead atoms. The van der Waals surface area contributed by atoms with Crippen LogP contribution >= 0.6 is 0 Å². The largest absolute Gasteiger partial charge is 0.493 e. The normalized spacial score (nSPS) is 11.0. The molecular formula is C22H19NO5. The van der Waals surface area contributed by atoms with Crippen LogP contribution in [-0.2, 0) is 4.79 Å². The zero-order valence-electron chi connectivity index (χ0n) is 15.3. The Balaban J connectivity index is 1.86. The lowest BCUT2D eigenvalue weighted by Gasteiger charge is -2.06. The first-order valence-corrected chi connectivity index (χ1v) is 8.70. The van der Waals surface area contributed by atoms with Gasteiger partial charge in [0.2, 0.25) is 0 Å². The van der Waals surface area contributed by atoms with Gasteiger partial charge in [-0.25, -0.2) is 9.78 Å². The smallest absolute Gasteiger partial charge is 0.336 e. The van der Waals surface area contributed by atoms with Crippen molar-refractivity contribution in [2.45, 2.75) is 13.3 Å². The Hall–Kier alpha value is -3.67. The quantitative estimate of drug-likeness (QED) is 0.638. The van der Waals surface area contributed by atoms with E-state index in [9.17, 15) is 14.7 Å². The number of carboxylic acid groups (broad SMARTS) is 2. The lowest BCUT2D eigenvalue weighted by Crippen LogP contribution is -2.04. The van der Waals surface area contributed by atoms with Crippen molar-refractivity contribution < 1.29 is 24.5 Å². The molecule has 0 aliphatic rings. The highest BCUT2D eigenvalue weighted by molar-refractivity contribution is 6.03. The molecule has 0 amide bonds. The minimum absolute atomic E-state index is 0.0709. The van der Waals surface area contributed by atoms with Crippen LogP contribution in [0, 0.1) is 6.92 Å². The molecule has 2 N–H and O–H groups in total. The minimum Gasteiger partial charge on any atom is -0.493 e. The van der Waals surface area contributed by atoms with Crippen molar-refractivity contribution in [2.75, 3.05) is 6.61 Å². The van der Waals surface area contributed by atoms with E-state index in [-0.39, 0.29) is 18.6 Å². The second kappa shape index (κ2) is 8.35. The van der Waals surface area contributed by atoms with Crippen LogP contribution in [0.2, 0.25) is 0 Å². The van der Waals surface area contributed by atoms with Crippen molar-refractivity contribution in [3.8, 4) is 5.75 Å². The third-order valence-electron chi connectivity index (χ3n) is 4.10. The average molecular weight is 377 g/mol. The molecule has 0 unspecified atom stereocenters. The zero-order valence-corrected chi connectivity index (χ0v) is 15.3. The van der Waals surface area contributed by atoms with Crippen LogP contribution in [0.4, 0.5) is 0 Å². The number of ether oxygens (including phenoxy) is 1. The molecule has 0 spiro atoms. The molecule has 6 nitrogen and oxygen atoms in total. The fourth-order valence-electron chi connectivity index (χ4n) is 2.77. The van der Waals surface area contributed by atoms with Gasteiger partial charge >= 0.3 is 11.9 Å². The number of aliphatic carboxylic acids is 1. The molecule has 0 fully saturated rings. The van der Waals surface area contributed by atoms with Crippen LogP contribution in [0.25, 0.3) is 23.1 Å². The Kier molecular flexibility index (Phi) is 5.69. The highest BCUT2D eigenvalue weighted by Gasteiger charge is 2.11. The van der Waals surface area contributed by atoms with E-state index in [1.54, 1.807) is 36.4 Å². The molecule has 2 aromatic carbocycles. The molecule has 142 valence electrons. The maximum Gasteiger partial charge on any atom is 0.336 e. The van der Waals surface area contributed by atoms with Crippen LogP contribution in [0.15, 0.2) is 48.5 Å². The first kappa shape index (κ1) is 19.1. The van der Waals surface area contributed by atoms with E-state index in [0.29, 0.717) is 22.3 Å². The van der Waals surface area contributed by atoms with Crippen LogP contribution in [-0.4, -0.2) is 33.7 Å². The van der Waals surface area contributed by atoms with Crippen molar-refractivity contribution in [1.82, 2.24) is 4.98 Å². The van der Waals surface area contributed by atoms with E-state index in [1.807, 2.05) is 31.2 Å². The molecule has 0 aliphatic carbocycles. The fourth-order valence-corrected chi connectivity index (χ4v) is 2.77. The van der Waals surface area contributed by atoms with Gasteiger partial charge in [0, 0.05) is 5.39 Å². The van der Waals surface area contributed by atoms with Crippen LogP contribution < -0.4 is 4.74 Å². The summed E-state index contributed by atoms with van der Waals surface area (Å²) < 4.78 is 5.42. The van der Waals surface area contributed by atoms with Crippen molar-refractivity contribution in [1.29, 1.82) is 0 Å². The minimum atomic E-state index is -0.999. The molecule has 28 heavy (non-hydrogen) atoms. The number of fused-ring (bicyclic) bond motifs is 1. The highest BCUT2D eigenvalue weighted by Crippen LogP contribution is 2.22. The summed E-state index contributed by atoms with van der Waals surface area (Å²) in [4.78, 5) is 26.7. The Bertz CT molecular complexity index is 1070. The van der Waals surface area contributed by atoms with Gasteiger partial charge in [0.25, 0.3) is 0 Å². The van der Waals surface area contributed by atoms with Crippen LogP contribution in [0.5, 0.6) is 5.75 Å². The van der Waals surface area contributed by atoms with E-state index >= 15 is 0 Å². The van der Waals surface area contributed by atoms with Gasteiger partial charge in [0.15, 0.2) is 0 Å². The van der Waals surface area contributed by atoms with E-state index in [4.69, 9.17) is 9.84 Å². The molecule has 6 heteroatoms. The lowest BCUT2D eigenvalue weighted by molar-refractivity contribution is -0.137.